The standard InChI is InChI=1S/C33H42N8O5/c1-32(2,3)45-31(44)40-22-13-14-23(40)17-33(16-22)19-39(30(43)46-33)26-12-8-11-25(35-26)36-29-34-18-20-15-24(28(42)38(4)5)41(27(20)37-29)21-9-6-7-10-21/h8,11-12,15,18,21-23H,6-7,9-10,13-14,16-17,19H2,1-5H3,(H,34,35,36,37)/t22-,23+,33+. The van der Waals surface area contributed by atoms with Gasteiger partial charge in [-0.3, -0.25) is 9.69 Å². The van der Waals surface area contributed by atoms with Gasteiger partial charge in [0.25, 0.3) is 5.91 Å². The Morgan fingerprint density at radius 1 is 1.04 bits per heavy atom. The van der Waals surface area contributed by atoms with E-state index in [-0.39, 0.29) is 30.1 Å². The molecule has 3 aromatic heterocycles. The molecule has 6 heterocycles. The van der Waals surface area contributed by atoms with Crippen molar-refractivity contribution in [1.29, 1.82) is 0 Å². The first-order valence-electron chi connectivity index (χ1n) is 16.3. The molecule has 13 nitrogen and oxygen atoms in total. The van der Waals surface area contributed by atoms with Crippen LogP contribution in [0, 0.1) is 0 Å². The molecule has 3 aliphatic heterocycles. The molecule has 0 unspecified atom stereocenters. The van der Waals surface area contributed by atoms with Gasteiger partial charge < -0.3 is 29.2 Å². The average molecular weight is 631 g/mol. The molecule has 0 radical (unpaired) electrons. The number of rotatable bonds is 5. The van der Waals surface area contributed by atoms with Gasteiger partial charge in [-0.15, -0.1) is 0 Å². The van der Waals surface area contributed by atoms with Crippen LogP contribution in [0.25, 0.3) is 11.0 Å². The fraction of sp³-hybridized carbons (Fsp3) is 0.576. The first-order valence-corrected chi connectivity index (χ1v) is 16.3. The minimum absolute atomic E-state index is 0.0360. The zero-order chi connectivity index (χ0) is 32.4. The number of piperidine rings is 1. The van der Waals surface area contributed by atoms with Crippen molar-refractivity contribution in [3.8, 4) is 0 Å². The number of carbonyl (C=O) groups excluding carboxylic acids is 3. The third kappa shape index (κ3) is 5.49. The summed E-state index contributed by atoms with van der Waals surface area (Å²) in [5, 5.41) is 4.01. The molecule has 4 aliphatic rings. The first-order chi connectivity index (χ1) is 21.9. The van der Waals surface area contributed by atoms with E-state index in [4.69, 9.17) is 19.4 Å². The van der Waals surface area contributed by atoms with Gasteiger partial charge in [0.2, 0.25) is 5.95 Å². The first kappa shape index (κ1) is 30.2. The number of nitrogens with one attached hydrogen (secondary N) is 1. The Kier molecular flexibility index (Phi) is 7.32. The van der Waals surface area contributed by atoms with Crippen molar-refractivity contribution in [2.45, 2.75) is 101 Å². The van der Waals surface area contributed by atoms with Crippen LogP contribution in [0.4, 0.5) is 27.2 Å². The second-order valence-corrected chi connectivity index (χ2v) is 14.3. The maximum absolute atomic E-state index is 13.2. The average Bonchev–Trinajstić information content (AvgIpc) is 3.76. The molecule has 2 bridgehead atoms. The van der Waals surface area contributed by atoms with Gasteiger partial charge >= 0.3 is 12.2 Å². The van der Waals surface area contributed by atoms with E-state index in [9.17, 15) is 14.4 Å². The molecule has 1 saturated carbocycles. The van der Waals surface area contributed by atoms with Crippen LogP contribution in [-0.4, -0.2) is 91.3 Å². The topological polar surface area (TPSA) is 135 Å². The predicted molar refractivity (Wildman–Crippen MR) is 171 cm³/mol. The molecular formula is C33H42N8O5. The zero-order valence-electron chi connectivity index (χ0n) is 27.2. The van der Waals surface area contributed by atoms with E-state index in [0.29, 0.717) is 48.3 Å². The smallest absolute Gasteiger partial charge is 0.416 e. The van der Waals surface area contributed by atoms with Crippen LogP contribution < -0.4 is 10.2 Å². The quantitative estimate of drug-likeness (QED) is 0.380. The molecule has 244 valence electrons. The van der Waals surface area contributed by atoms with Gasteiger partial charge in [0.15, 0.2) is 0 Å². The van der Waals surface area contributed by atoms with Crippen molar-refractivity contribution in [2.75, 3.05) is 30.9 Å². The summed E-state index contributed by atoms with van der Waals surface area (Å²) >= 11 is 0. The molecular weight excluding hydrogens is 588 g/mol. The monoisotopic (exact) mass is 630 g/mol. The summed E-state index contributed by atoms with van der Waals surface area (Å²) in [5.41, 5.74) is 0.0695. The lowest BCUT2D eigenvalue weighted by Gasteiger charge is -2.43. The van der Waals surface area contributed by atoms with Gasteiger partial charge in [-0.05, 0) is 64.7 Å². The third-order valence-corrected chi connectivity index (χ3v) is 9.55. The number of nitrogens with zero attached hydrogens (tertiary/aromatic N) is 7. The number of ether oxygens (including phenoxy) is 2. The van der Waals surface area contributed by atoms with Gasteiger partial charge in [0, 0.05) is 56.6 Å². The Labute approximate surface area is 268 Å². The molecule has 3 saturated heterocycles. The van der Waals surface area contributed by atoms with Crippen LogP contribution in [0.1, 0.15) is 88.7 Å². The van der Waals surface area contributed by atoms with Gasteiger partial charge in [0.05, 0.1) is 6.54 Å². The summed E-state index contributed by atoms with van der Waals surface area (Å²) in [4.78, 5) is 58.4. The minimum atomic E-state index is -0.686. The van der Waals surface area contributed by atoms with Crippen molar-refractivity contribution in [2.24, 2.45) is 0 Å². The number of hydrogen-bond acceptors (Lipinski definition) is 9. The highest BCUT2D eigenvalue weighted by atomic mass is 16.6. The number of carbonyl (C=O) groups is 3. The van der Waals surface area contributed by atoms with Gasteiger partial charge in [-0.25, -0.2) is 19.6 Å². The highest BCUT2D eigenvalue weighted by Gasteiger charge is 2.57. The normalized spacial score (nSPS) is 24.6. The summed E-state index contributed by atoms with van der Waals surface area (Å²) in [5.74, 6) is 1.23. The predicted octanol–water partition coefficient (Wildman–Crippen LogP) is 5.64. The van der Waals surface area contributed by atoms with E-state index < -0.39 is 17.3 Å². The van der Waals surface area contributed by atoms with Crippen LogP contribution in [0.5, 0.6) is 0 Å². The van der Waals surface area contributed by atoms with Crippen LogP contribution in [0.3, 0.4) is 0 Å². The molecule has 3 atom stereocenters. The van der Waals surface area contributed by atoms with Crippen LogP contribution in [0.15, 0.2) is 30.5 Å². The summed E-state index contributed by atoms with van der Waals surface area (Å²) in [6.45, 7) is 5.97. The van der Waals surface area contributed by atoms with E-state index in [1.807, 2.05) is 37.8 Å². The Morgan fingerprint density at radius 2 is 1.76 bits per heavy atom. The van der Waals surface area contributed by atoms with E-state index in [1.54, 1.807) is 42.2 Å². The number of fused-ring (bicyclic) bond motifs is 3. The van der Waals surface area contributed by atoms with Crippen molar-refractivity contribution < 1.29 is 23.9 Å². The summed E-state index contributed by atoms with van der Waals surface area (Å²) in [7, 11) is 3.51. The highest BCUT2D eigenvalue weighted by Crippen LogP contribution is 2.46. The molecule has 0 aromatic carbocycles. The Balaban J connectivity index is 1.10. The summed E-state index contributed by atoms with van der Waals surface area (Å²) in [6, 6.07) is 7.41. The Morgan fingerprint density at radius 3 is 2.43 bits per heavy atom. The molecule has 3 amide bonds. The maximum atomic E-state index is 13.2. The second kappa shape index (κ2) is 11.1. The second-order valence-electron chi connectivity index (χ2n) is 14.3. The lowest BCUT2D eigenvalue weighted by molar-refractivity contribution is -0.0424. The van der Waals surface area contributed by atoms with E-state index >= 15 is 0 Å². The van der Waals surface area contributed by atoms with Crippen molar-refractivity contribution in [1.82, 2.24) is 29.3 Å². The molecule has 46 heavy (non-hydrogen) atoms. The third-order valence-electron chi connectivity index (χ3n) is 9.55. The summed E-state index contributed by atoms with van der Waals surface area (Å²) < 4.78 is 13.8. The number of hydrogen-bond donors (Lipinski definition) is 1. The maximum Gasteiger partial charge on any atom is 0.416 e. The SMILES string of the molecule is CN(C)C(=O)c1cc2cnc(Nc3cccc(N4C[C@@]5(C[C@H]6CC[C@@H](C5)N6C(=O)OC(C)(C)C)OC4=O)n3)nc2n1C1CCCC1. The lowest BCUT2D eigenvalue weighted by Crippen LogP contribution is -2.55. The lowest BCUT2D eigenvalue weighted by atomic mass is 9.86. The molecule has 1 aliphatic carbocycles. The van der Waals surface area contributed by atoms with Gasteiger partial charge in [-0.2, -0.15) is 4.98 Å². The zero-order valence-corrected chi connectivity index (χ0v) is 27.2. The number of aromatic nitrogens is 4. The molecule has 4 fully saturated rings. The van der Waals surface area contributed by atoms with Crippen LogP contribution in [0.2, 0.25) is 0 Å². The molecule has 3 aromatic rings. The Hall–Kier alpha value is -4.42. The number of pyridine rings is 1. The molecule has 1 spiro atoms. The fourth-order valence-electron chi connectivity index (χ4n) is 7.68. The van der Waals surface area contributed by atoms with E-state index in [0.717, 1.165) is 43.9 Å². The minimum Gasteiger partial charge on any atom is -0.444 e. The van der Waals surface area contributed by atoms with Gasteiger partial charge in [0.1, 0.15) is 34.2 Å². The van der Waals surface area contributed by atoms with E-state index in [2.05, 4.69) is 14.9 Å². The highest BCUT2D eigenvalue weighted by molar-refractivity contribution is 5.98. The van der Waals surface area contributed by atoms with E-state index in [1.165, 1.54) is 0 Å². The van der Waals surface area contributed by atoms with Gasteiger partial charge in [-0.1, -0.05) is 18.9 Å². The number of amides is 3. The Bertz CT molecular complexity index is 1680. The fourth-order valence-corrected chi connectivity index (χ4v) is 7.68. The van der Waals surface area contributed by atoms with Crippen molar-refractivity contribution in [3.63, 3.8) is 0 Å². The van der Waals surface area contributed by atoms with Crippen molar-refractivity contribution >= 4 is 46.7 Å². The van der Waals surface area contributed by atoms with Crippen LogP contribution in [-0.2, 0) is 9.47 Å². The largest absolute Gasteiger partial charge is 0.444 e. The number of anilines is 3. The summed E-state index contributed by atoms with van der Waals surface area (Å²) in [6.07, 6.45) is 8.08. The van der Waals surface area contributed by atoms with Crippen LogP contribution >= 0.6 is 0 Å². The molecule has 7 rings (SSSR count). The van der Waals surface area contributed by atoms with Crippen molar-refractivity contribution in [3.05, 3.63) is 36.2 Å². The molecule has 1 N–H and O–H groups in total. The molecule has 13 heteroatoms.